The van der Waals surface area contributed by atoms with Gasteiger partial charge >= 0.3 is 0 Å². The largest absolute Gasteiger partial charge is 0.393 e. The third-order valence-electron chi connectivity index (χ3n) is 5.08. The number of aliphatic hydroxyl groups is 1. The molecule has 19 heavy (non-hydrogen) atoms. The van der Waals surface area contributed by atoms with E-state index in [2.05, 4.69) is 25.8 Å². The Morgan fingerprint density at radius 1 is 1.11 bits per heavy atom. The fraction of sp³-hybridized carbons (Fsp3) is 1.00. The van der Waals surface area contributed by atoms with Gasteiger partial charge in [-0.15, -0.1) is 0 Å². The predicted octanol–water partition coefficient (Wildman–Crippen LogP) is 2.39. The molecule has 4 atom stereocenters. The van der Waals surface area contributed by atoms with Crippen molar-refractivity contribution in [1.29, 1.82) is 0 Å². The van der Waals surface area contributed by atoms with Crippen LogP contribution < -0.4 is 0 Å². The van der Waals surface area contributed by atoms with Gasteiger partial charge in [-0.2, -0.15) is 0 Å². The molecule has 1 aliphatic heterocycles. The average Bonchev–Trinajstić information content (AvgIpc) is 2.35. The number of hydrogen-bond acceptors (Lipinski definition) is 3. The molecule has 0 spiro atoms. The minimum absolute atomic E-state index is 0.101. The van der Waals surface area contributed by atoms with Gasteiger partial charge in [-0.25, -0.2) is 0 Å². The first kappa shape index (κ1) is 15.3. The highest BCUT2D eigenvalue weighted by molar-refractivity contribution is 4.84. The maximum atomic E-state index is 10.3. The van der Waals surface area contributed by atoms with E-state index in [0.717, 1.165) is 38.6 Å². The molecule has 0 aromatic carbocycles. The lowest BCUT2D eigenvalue weighted by molar-refractivity contribution is -0.00467. The third kappa shape index (κ3) is 4.44. The smallest absolute Gasteiger partial charge is 0.0585 e. The Hall–Kier alpha value is -0.120. The van der Waals surface area contributed by atoms with Gasteiger partial charge < -0.3 is 14.7 Å². The topological polar surface area (TPSA) is 32.7 Å². The van der Waals surface area contributed by atoms with Gasteiger partial charge in [0.1, 0.15) is 0 Å². The Kier molecular flexibility index (Phi) is 5.67. The summed E-state index contributed by atoms with van der Waals surface area (Å²) >= 11 is 0. The molecule has 0 radical (unpaired) electrons. The molecule has 112 valence electrons. The van der Waals surface area contributed by atoms with E-state index < -0.39 is 0 Å². The molecular formula is C16H31NO2. The molecule has 1 N–H and O–H groups in total. The fourth-order valence-corrected chi connectivity index (χ4v) is 3.98. The van der Waals surface area contributed by atoms with Gasteiger partial charge in [-0.1, -0.05) is 13.8 Å². The van der Waals surface area contributed by atoms with E-state index in [1.54, 1.807) is 0 Å². The summed E-state index contributed by atoms with van der Waals surface area (Å²) in [6, 6.07) is 0. The summed E-state index contributed by atoms with van der Waals surface area (Å²) in [5, 5.41) is 10.3. The maximum Gasteiger partial charge on any atom is 0.0585 e. The fourth-order valence-electron chi connectivity index (χ4n) is 3.98. The molecule has 0 aromatic rings. The summed E-state index contributed by atoms with van der Waals surface area (Å²) in [4.78, 5) is 2.44. The number of nitrogens with zero attached hydrogens (tertiary/aromatic N) is 1. The highest BCUT2D eigenvalue weighted by Crippen LogP contribution is 2.34. The Balaban J connectivity index is 1.78. The molecule has 0 aromatic heterocycles. The van der Waals surface area contributed by atoms with Crippen molar-refractivity contribution in [2.75, 3.05) is 33.4 Å². The minimum Gasteiger partial charge on any atom is -0.393 e. The lowest BCUT2D eigenvalue weighted by Crippen LogP contribution is -2.43. The van der Waals surface area contributed by atoms with Gasteiger partial charge in [0.05, 0.1) is 6.10 Å². The lowest BCUT2D eigenvalue weighted by atomic mass is 9.73. The van der Waals surface area contributed by atoms with Crippen molar-refractivity contribution in [1.82, 2.24) is 4.90 Å². The molecule has 1 heterocycles. The van der Waals surface area contributed by atoms with Gasteiger partial charge in [0.15, 0.2) is 0 Å². The summed E-state index contributed by atoms with van der Waals surface area (Å²) in [6.45, 7) is 8.64. The van der Waals surface area contributed by atoms with Gasteiger partial charge in [0.2, 0.25) is 0 Å². The monoisotopic (exact) mass is 269 g/mol. The van der Waals surface area contributed by atoms with E-state index in [1.165, 1.54) is 19.3 Å². The summed E-state index contributed by atoms with van der Waals surface area (Å²) in [7, 11) is 2.22. The Morgan fingerprint density at radius 3 is 2.42 bits per heavy atom. The Labute approximate surface area is 118 Å². The first-order valence-electron chi connectivity index (χ1n) is 8.00. The molecule has 2 aliphatic rings. The summed E-state index contributed by atoms with van der Waals surface area (Å²) < 4.78 is 5.42. The molecule has 1 aliphatic carbocycles. The normalized spacial score (nSPS) is 37.7. The quantitative estimate of drug-likeness (QED) is 0.850. The summed E-state index contributed by atoms with van der Waals surface area (Å²) in [6.07, 6.45) is 4.55. The second-order valence-electron chi connectivity index (χ2n) is 7.06. The van der Waals surface area contributed by atoms with E-state index in [1.807, 2.05) is 0 Å². The van der Waals surface area contributed by atoms with Crippen LogP contribution in [0.25, 0.3) is 0 Å². The van der Waals surface area contributed by atoms with Crippen LogP contribution in [0.15, 0.2) is 0 Å². The van der Waals surface area contributed by atoms with Crippen LogP contribution in [0.1, 0.15) is 39.5 Å². The van der Waals surface area contributed by atoms with Crippen molar-refractivity contribution >= 4 is 0 Å². The van der Waals surface area contributed by atoms with Gasteiger partial charge in [-0.05, 0) is 50.5 Å². The van der Waals surface area contributed by atoms with Gasteiger partial charge in [0, 0.05) is 32.2 Å². The van der Waals surface area contributed by atoms with Gasteiger partial charge in [-0.3, -0.25) is 0 Å². The summed E-state index contributed by atoms with van der Waals surface area (Å²) in [5.41, 5.74) is 0. The standard InChI is InChI=1S/C16H31NO2/c1-12-8-13(2)15(16(18)9-12)11-17(3)10-14-4-6-19-7-5-14/h12-16,18H,4-11H2,1-3H3. The van der Waals surface area contributed by atoms with E-state index in [-0.39, 0.29) is 6.10 Å². The van der Waals surface area contributed by atoms with Crippen molar-refractivity contribution in [2.45, 2.75) is 45.6 Å². The molecule has 3 nitrogen and oxygen atoms in total. The second-order valence-corrected chi connectivity index (χ2v) is 7.06. The zero-order valence-electron chi connectivity index (χ0n) is 12.8. The zero-order chi connectivity index (χ0) is 13.8. The van der Waals surface area contributed by atoms with Gasteiger partial charge in [0.25, 0.3) is 0 Å². The number of ether oxygens (including phenoxy) is 1. The third-order valence-corrected chi connectivity index (χ3v) is 5.08. The molecule has 3 heteroatoms. The first-order chi connectivity index (χ1) is 9.06. The van der Waals surface area contributed by atoms with Crippen LogP contribution in [0.5, 0.6) is 0 Å². The number of rotatable bonds is 4. The van der Waals surface area contributed by atoms with Crippen LogP contribution in [-0.2, 0) is 4.74 Å². The van der Waals surface area contributed by atoms with Crippen LogP contribution in [0.3, 0.4) is 0 Å². The predicted molar refractivity (Wildman–Crippen MR) is 78.1 cm³/mol. The summed E-state index contributed by atoms with van der Waals surface area (Å²) in [5.74, 6) is 2.58. The molecule has 0 bridgehead atoms. The van der Waals surface area contributed by atoms with Crippen molar-refractivity contribution in [3.05, 3.63) is 0 Å². The van der Waals surface area contributed by atoms with E-state index in [9.17, 15) is 5.11 Å². The minimum atomic E-state index is -0.101. The van der Waals surface area contributed by atoms with E-state index in [0.29, 0.717) is 17.8 Å². The molecule has 1 saturated carbocycles. The van der Waals surface area contributed by atoms with E-state index in [4.69, 9.17) is 4.74 Å². The molecule has 2 fully saturated rings. The van der Waals surface area contributed by atoms with Crippen molar-refractivity contribution in [3.63, 3.8) is 0 Å². The SMILES string of the molecule is CC1CC(C)C(CN(C)CC2CCOCC2)C(O)C1. The second kappa shape index (κ2) is 7.05. The number of aliphatic hydroxyl groups excluding tert-OH is 1. The Bertz CT molecular complexity index is 253. The molecule has 0 amide bonds. The molecule has 2 rings (SSSR count). The van der Waals surface area contributed by atoms with Crippen LogP contribution in [-0.4, -0.2) is 49.5 Å². The lowest BCUT2D eigenvalue weighted by Gasteiger charge is -2.39. The van der Waals surface area contributed by atoms with E-state index >= 15 is 0 Å². The highest BCUT2D eigenvalue weighted by Gasteiger charge is 2.33. The Morgan fingerprint density at radius 2 is 1.79 bits per heavy atom. The first-order valence-corrected chi connectivity index (χ1v) is 8.00. The zero-order valence-corrected chi connectivity index (χ0v) is 12.8. The highest BCUT2D eigenvalue weighted by atomic mass is 16.5. The van der Waals surface area contributed by atoms with Crippen molar-refractivity contribution < 1.29 is 9.84 Å². The van der Waals surface area contributed by atoms with Crippen molar-refractivity contribution in [2.24, 2.45) is 23.7 Å². The molecule has 1 saturated heterocycles. The van der Waals surface area contributed by atoms with Crippen LogP contribution in [0.2, 0.25) is 0 Å². The van der Waals surface area contributed by atoms with Crippen LogP contribution in [0, 0.1) is 23.7 Å². The molecule has 4 unspecified atom stereocenters. The van der Waals surface area contributed by atoms with Crippen LogP contribution in [0.4, 0.5) is 0 Å². The van der Waals surface area contributed by atoms with Crippen LogP contribution >= 0.6 is 0 Å². The molecular weight excluding hydrogens is 238 g/mol. The average molecular weight is 269 g/mol. The van der Waals surface area contributed by atoms with Crippen molar-refractivity contribution in [3.8, 4) is 0 Å². The maximum absolute atomic E-state index is 10.3. The number of hydrogen-bond donors (Lipinski definition) is 1.